The molecular formula is C47H40N2. The number of benzene rings is 6. The van der Waals surface area contributed by atoms with Gasteiger partial charge in [-0.3, -0.25) is 0 Å². The van der Waals surface area contributed by atoms with Crippen LogP contribution >= 0.6 is 0 Å². The Hall–Kier alpha value is -5.60. The van der Waals surface area contributed by atoms with Gasteiger partial charge in [0.2, 0.25) is 0 Å². The van der Waals surface area contributed by atoms with Gasteiger partial charge in [-0.2, -0.15) is 0 Å². The van der Waals surface area contributed by atoms with Crippen molar-refractivity contribution in [3.05, 3.63) is 177 Å². The molecule has 6 aromatic carbocycles. The zero-order valence-corrected chi connectivity index (χ0v) is 28.7. The lowest BCUT2D eigenvalue weighted by Crippen LogP contribution is -2.18. The van der Waals surface area contributed by atoms with Crippen molar-refractivity contribution in [1.82, 2.24) is 0 Å². The third-order valence-electron chi connectivity index (χ3n) is 11.1. The zero-order valence-electron chi connectivity index (χ0n) is 28.7. The van der Waals surface area contributed by atoms with Crippen LogP contribution in [0.15, 0.2) is 121 Å². The van der Waals surface area contributed by atoms with E-state index in [-0.39, 0.29) is 5.41 Å². The highest BCUT2D eigenvalue weighted by molar-refractivity contribution is 5.86. The largest absolute Gasteiger partial charge is 0.344 e. The molecule has 0 bridgehead atoms. The fraction of sp³-hybridized carbons (Fsp3) is 0.149. The van der Waals surface area contributed by atoms with E-state index in [0.717, 1.165) is 12.8 Å². The SMILES string of the molecule is CN1c2ccccc2Cc2ccc(/C=C/c3ccc4c(c3)C(C)(C)c3cc(/C=C/c5ccc6c(c5)N(C)c5ccccc5C6)ccc3-4)cc21. The summed E-state index contributed by atoms with van der Waals surface area (Å²) in [5.74, 6) is 0. The molecule has 3 aliphatic rings. The molecule has 0 N–H and O–H groups in total. The van der Waals surface area contributed by atoms with Crippen molar-refractivity contribution >= 4 is 47.1 Å². The normalized spacial score (nSPS) is 15.1. The number of para-hydroxylation sites is 2. The number of nitrogens with zero attached hydrogens (tertiary/aromatic N) is 2. The van der Waals surface area contributed by atoms with E-state index in [0.29, 0.717) is 0 Å². The predicted molar refractivity (Wildman–Crippen MR) is 209 cm³/mol. The van der Waals surface area contributed by atoms with E-state index in [4.69, 9.17) is 0 Å². The van der Waals surface area contributed by atoms with E-state index in [1.54, 1.807) is 0 Å². The Bertz CT molecular complexity index is 2190. The molecule has 0 aromatic heterocycles. The van der Waals surface area contributed by atoms with Gasteiger partial charge in [-0.1, -0.05) is 135 Å². The highest BCUT2D eigenvalue weighted by atomic mass is 15.1. The van der Waals surface area contributed by atoms with Gasteiger partial charge < -0.3 is 9.80 Å². The topological polar surface area (TPSA) is 6.48 Å². The average Bonchev–Trinajstić information content (AvgIpc) is 3.35. The first kappa shape index (κ1) is 29.5. The Kier molecular flexibility index (Phi) is 6.78. The van der Waals surface area contributed by atoms with E-state index in [2.05, 4.69) is 183 Å². The summed E-state index contributed by atoms with van der Waals surface area (Å²) < 4.78 is 0. The average molecular weight is 633 g/mol. The van der Waals surface area contributed by atoms with Crippen LogP contribution in [0, 0.1) is 0 Å². The highest BCUT2D eigenvalue weighted by Crippen LogP contribution is 2.49. The Balaban J connectivity index is 0.953. The molecule has 1 aliphatic carbocycles. The number of rotatable bonds is 4. The van der Waals surface area contributed by atoms with Gasteiger partial charge in [-0.15, -0.1) is 0 Å². The fourth-order valence-electron chi connectivity index (χ4n) is 8.30. The van der Waals surface area contributed by atoms with Crippen molar-refractivity contribution in [2.45, 2.75) is 32.1 Å². The van der Waals surface area contributed by atoms with Gasteiger partial charge in [-0.05, 0) is 91.0 Å². The molecule has 0 amide bonds. The Morgan fingerprint density at radius 2 is 0.796 bits per heavy atom. The summed E-state index contributed by atoms with van der Waals surface area (Å²) in [4.78, 5) is 4.66. The number of anilines is 4. The molecule has 6 aromatic rings. The number of hydrogen-bond acceptors (Lipinski definition) is 2. The molecule has 0 spiro atoms. The quantitative estimate of drug-likeness (QED) is 0.178. The lowest BCUT2D eigenvalue weighted by molar-refractivity contribution is 0.660. The van der Waals surface area contributed by atoms with E-state index < -0.39 is 0 Å². The molecule has 238 valence electrons. The van der Waals surface area contributed by atoms with Crippen molar-refractivity contribution in [2.24, 2.45) is 0 Å². The summed E-state index contributed by atoms with van der Waals surface area (Å²) in [5.41, 5.74) is 21.0. The van der Waals surface area contributed by atoms with Gasteiger partial charge in [0, 0.05) is 55.1 Å². The summed E-state index contributed by atoms with van der Waals surface area (Å²) in [7, 11) is 4.36. The van der Waals surface area contributed by atoms with Gasteiger partial charge in [0.05, 0.1) is 0 Å². The highest BCUT2D eigenvalue weighted by Gasteiger charge is 2.35. The Morgan fingerprint density at radius 1 is 0.429 bits per heavy atom. The van der Waals surface area contributed by atoms with E-state index in [9.17, 15) is 0 Å². The summed E-state index contributed by atoms with van der Waals surface area (Å²) >= 11 is 0. The molecule has 0 saturated carbocycles. The van der Waals surface area contributed by atoms with Crippen LogP contribution in [0.4, 0.5) is 22.7 Å². The summed E-state index contributed by atoms with van der Waals surface area (Å²) in [6.45, 7) is 4.74. The van der Waals surface area contributed by atoms with Crippen LogP contribution in [0.3, 0.4) is 0 Å². The first-order valence-corrected chi connectivity index (χ1v) is 17.4. The summed E-state index contributed by atoms with van der Waals surface area (Å²) in [5, 5.41) is 0. The zero-order chi connectivity index (χ0) is 33.3. The molecule has 2 heteroatoms. The molecule has 0 atom stereocenters. The van der Waals surface area contributed by atoms with Crippen molar-refractivity contribution in [3.8, 4) is 11.1 Å². The molecule has 0 radical (unpaired) electrons. The first-order chi connectivity index (χ1) is 23.8. The lowest BCUT2D eigenvalue weighted by Gasteiger charge is -2.30. The van der Waals surface area contributed by atoms with E-state index in [1.165, 1.54) is 89.5 Å². The third-order valence-corrected chi connectivity index (χ3v) is 11.1. The molecule has 2 heterocycles. The Morgan fingerprint density at radius 3 is 1.24 bits per heavy atom. The van der Waals surface area contributed by atoms with Gasteiger partial charge in [0.25, 0.3) is 0 Å². The molecule has 49 heavy (non-hydrogen) atoms. The number of hydrogen-bond donors (Lipinski definition) is 0. The molecule has 0 unspecified atom stereocenters. The van der Waals surface area contributed by atoms with Crippen LogP contribution in [-0.2, 0) is 18.3 Å². The molecule has 0 saturated heterocycles. The minimum Gasteiger partial charge on any atom is -0.344 e. The van der Waals surface area contributed by atoms with Crippen LogP contribution in [0.2, 0.25) is 0 Å². The van der Waals surface area contributed by atoms with Crippen LogP contribution in [0.25, 0.3) is 35.4 Å². The molecular weight excluding hydrogens is 593 g/mol. The van der Waals surface area contributed by atoms with Gasteiger partial charge >= 0.3 is 0 Å². The minimum absolute atomic E-state index is 0.0811. The smallest absolute Gasteiger partial charge is 0.0450 e. The molecule has 2 nitrogen and oxygen atoms in total. The molecule has 2 aliphatic heterocycles. The maximum Gasteiger partial charge on any atom is 0.0450 e. The monoisotopic (exact) mass is 632 g/mol. The van der Waals surface area contributed by atoms with Crippen LogP contribution in [-0.4, -0.2) is 14.1 Å². The van der Waals surface area contributed by atoms with Crippen LogP contribution in [0.1, 0.15) is 69.5 Å². The minimum atomic E-state index is -0.0811. The number of fused-ring (bicyclic) bond motifs is 7. The van der Waals surface area contributed by atoms with Gasteiger partial charge in [0.1, 0.15) is 0 Å². The fourth-order valence-corrected chi connectivity index (χ4v) is 8.30. The third kappa shape index (κ3) is 4.94. The van der Waals surface area contributed by atoms with Crippen molar-refractivity contribution in [2.75, 3.05) is 23.9 Å². The lowest BCUT2D eigenvalue weighted by atomic mass is 9.81. The second kappa shape index (κ2) is 11.2. The predicted octanol–water partition coefficient (Wildman–Crippen LogP) is 11.7. The Labute approximate surface area is 290 Å². The van der Waals surface area contributed by atoms with Gasteiger partial charge in [-0.25, -0.2) is 0 Å². The molecule has 0 fully saturated rings. The maximum absolute atomic E-state index is 2.39. The van der Waals surface area contributed by atoms with Crippen LogP contribution < -0.4 is 9.80 Å². The second-order valence-electron chi connectivity index (χ2n) is 14.4. The van der Waals surface area contributed by atoms with Gasteiger partial charge in [0.15, 0.2) is 0 Å². The van der Waals surface area contributed by atoms with Crippen molar-refractivity contribution < 1.29 is 0 Å². The maximum atomic E-state index is 2.39. The summed E-state index contributed by atoms with van der Waals surface area (Å²) in [6, 6.07) is 45.1. The van der Waals surface area contributed by atoms with Crippen LogP contribution in [0.5, 0.6) is 0 Å². The summed E-state index contributed by atoms with van der Waals surface area (Å²) in [6.07, 6.45) is 11.0. The van der Waals surface area contributed by atoms with Crippen molar-refractivity contribution in [3.63, 3.8) is 0 Å². The van der Waals surface area contributed by atoms with E-state index >= 15 is 0 Å². The van der Waals surface area contributed by atoms with Crippen molar-refractivity contribution in [1.29, 1.82) is 0 Å². The molecule has 9 rings (SSSR count). The first-order valence-electron chi connectivity index (χ1n) is 17.4. The van der Waals surface area contributed by atoms with E-state index in [1.807, 2.05) is 0 Å². The second-order valence-corrected chi connectivity index (χ2v) is 14.4. The standard InChI is InChI=1S/C47H40N2/c1-47(2)41-25-31(13-15-33-17-21-37-29-35-9-5-7-11-43(35)48(3)45(37)27-33)19-23-39(41)40-24-20-32(26-42(40)47)14-16-34-18-22-38-30-36-10-6-8-12-44(36)49(4)46(38)28-34/h5-28H,29-30H2,1-4H3/b15-13+,16-14+.